The molecule has 1 aliphatic heterocycles. The lowest BCUT2D eigenvalue weighted by Gasteiger charge is -2.35. The van der Waals surface area contributed by atoms with Crippen molar-refractivity contribution in [2.24, 2.45) is 5.92 Å². The zero-order valence-electron chi connectivity index (χ0n) is 19.2. The highest BCUT2D eigenvalue weighted by molar-refractivity contribution is 7.89. The maximum absolute atomic E-state index is 12.6. The second-order valence-electron chi connectivity index (χ2n) is 9.15. The lowest BCUT2D eigenvalue weighted by Crippen LogP contribution is -2.49. The van der Waals surface area contributed by atoms with Gasteiger partial charge in [-0.3, -0.25) is 0 Å². The van der Waals surface area contributed by atoms with Gasteiger partial charge in [-0.25, -0.2) is 18.4 Å². The number of sulfonamides is 1. The zero-order valence-corrected chi connectivity index (χ0v) is 20.8. The Balaban J connectivity index is 1.63. The third-order valence-electron chi connectivity index (χ3n) is 6.62. The molecule has 1 aliphatic carbocycles. The molecule has 0 aromatic carbocycles. The van der Waals surface area contributed by atoms with Crippen LogP contribution in [0.1, 0.15) is 69.1 Å². The van der Waals surface area contributed by atoms with Gasteiger partial charge in [-0.2, -0.15) is 4.31 Å². The van der Waals surface area contributed by atoms with Crippen LogP contribution in [0.3, 0.4) is 0 Å². The molecule has 31 heavy (non-hydrogen) atoms. The average molecular weight is 465 g/mol. The fourth-order valence-corrected chi connectivity index (χ4v) is 7.70. The van der Waals surface area contributed by atoms with E-state index in [1.165, 1.54) is 22.2 Å². The third-order valence-corrected chi connectivity index (χ3v) is 9.73. The minimum Gasteiger partial charge on any atom is -0.353 e. The Bertz CT molecular complexity index is 1010. The van der Waals surface area contributed by atoms with Crippen LogP contribution < -0.4 is 4.90 Å². The Morgan fingerprint density at radius 2 is 1.81 bits per heavy atom. The predicted octanol–water partition coefficient (Wildman–Crippen LogP) is 4.41. The molecule has 0 bridgehead atoms. The van der Waals surface area contributed by atoms with Gasteiger partial charge in [0.15, 0.2) is 0 Å². The molecule has 4 rings (SSSR count). The van der Waals surface area contributed by atoms with E-state index in [4.69, 9.17) is 9.97 Å². The number of aromatic nitrogens is 2. The number of nitrogens with zero attached hydrogens (tertiary/aromatic N) is 4. The summed E-state index contributed by atoms with van der Waals surface area (Å²) in [5.41, 5.74) is 1.45. The molecular weight excluding hydrogens is 428 g/mol. The van der Waals surface area contributed by atoms with E-state index in [-0.39, 0.29) is 5.75 Å². The molecule has 2 aromatic rings. The molecule has 2 aromatic heterocycles. The van der Waals surface area contributed by atoms with Gasteiger partial charge in [0.2, 0.25) is 10.0 Å². The molecule has 0 amide bonds. The number of rotatable bonds is 8. The molecule has 0 radical (unpaired) electrons. The quantitative estimate of drug-likeness (QED) is 0.579. The molecule has 172 valence electrons. The van der Waals surface area contributed by atoms with Crippen LogP contribution in [0.4, 0.5) is 5.82 Å². The van der Waals surface area contributed by atoms with E-state index >= 15 is 0 Å². The van der Waals surface area contributed by atoms with Crippen molar-refractivity contribution in [3.05, 3.63) is 16.3 Å². The molecule has 2 aliphatic rings. The molecule has 3 heterocycles. The first-order chi connectivity index (χ1) is 14.9. The van der Waals surface area contributed by atoms with E-state index in [0.29, 0.717) is 26.2 Å². The Morgan fingerprint density at radius 3 is 2.52 bits per heavy atom. The number of piperazine rings is 1. The molecular formula is C23H36N4O2S2. The first-order valence-electron chi connectivity index (χ1n) is 12.0. The van der Waals surface area contributed by atoms with Crippen molar-refractivity contribution in [1.29, 1.82) is 0 Å². The lowest BCUT2D eigenvalue weighted by atomic mass is 9.89. The Labute approximate surface area is 191 Å². The summed E-state index contributed by atoms with van der Waals surface area (Å²) in [6.07, 6.45) is 8.23. The van der Waals surface area contributed by atoms with Gasteiger partial charge in [0.1, 0.15) is 16.5 Å². The summed E-state index contributed by atoms with van der Waals surface area (Å²) in [6, 6.07) is 0. The fourth-order valence-electron chi connectivity index (χ4n) is 4.68. The minimum absolute atomic E-state index is 0.263. The Hall–Kier alpha value is -1.25. The SMILES string of the molecule is CCCCc1nc(N2CCN(S(=O)(=O)CCCC)CC2)c2c3c(sc2n1)C[C@H](C)CC3. The second kappa shape index (κ2) is 9.71. The van der Waals surface area contributed by atoms with Gasteiger partial charge < -0.3 is 4.90 Å². The monoisotopic (exact) mass is 464 g/mol. The summed E-state index contributed by atoms with van der Waals surface area (Å²) in [5, 5.41) is 1.24. The van der Waals surface area contributed by atoms with E-state index < -0.39 is 10.0 Å². The summed E-state index contributed by atoms with van der Waals surface area (Å²) in [6.45, 7) is 9.06. The lowest BCUT2D eigenvalue weighted by molar-refractivity contribution is 0.383. The second-order valence-corrected chi connectivity index (χ2v) is 12.3. The van der Waals surface area contributed by atoms with Gasteiger partial charge in [-0.05, 0) is 43.6 Å². The van der Waals surface area contributed by atoms with Crippen LogP contribution in [0, 0.1) is 5.92 Å². The fraction of sp³-hybridized carbons (Fsp3) is 0.739. The molecule has 1 atom stereocenters. The van der Waals surface area contributed by atoms with Crippen LogP contribution in [0.5, 0.6) is 0 Å². The maximum atomic E-state index is 12.6. The number of hydrogen-bond acceptors (Lipinski definition) is 6. The van der Waals surface area contributed by atoms with Gasteiger partial charge in [-0.15, -0.1) is 11.3 Å². The summed E-state index contributed by atoms with van der Waals surface area (Å²) in [4.78, 5) is 14.9. The van der Waals surface area contributed by atoms with Crippen LogP contribution in [-0.4, -0.2) is 54.6 Å². The van der Waals surface area contributed by atoms with Gasteiger partial charge in [0.25, 0.3) is 0 Å². The summed E-state index contributed by atoms with van der Waals surface area (Å²) in [5.74, 6) is 2.98. The zero-order chi connectivity index (χ0) is 22.0. The maximum Gasteiger partial charge on any atom is 0.214 e. The first-order valence-corrected chi connectivity index (χ1v) is 14.4. The van der Waals surface area contributed by atoms with Crippen molar-refractivity contribution in [3.8, 4) is 0 Å². The summed E-state index contributed by atoms with van der Waals surface area (Å²) < 4.78 is 27.0. The minimum atomic E-state index is -3.15. The highest BCUT2D eigenvalue weighted by Crippen LogP contribution is 2.41. The largest absolute Gasteiger partial charge is 0.353 e. The highest BCUT2D eigenvalue weighted by Gasteiger charge is 2.30. The molecule has 6 nitrogen and oxygen atoms in total. The third kappa shape index (κ3) is 4.91. The van der Waals surface area contributed by atoms with Gasteiger partial charge >= 0.3 is 0 Å². The van der Waals surface area contributed by atoms with Crippen molar-refractivity contribution < 1.29 is 8.42 Å². The van der Waals surface area contributed by atoms with E-state index in [1.807, 2.05) is 18.3 Å². The summed E-state index contributed by atoms with van der Waals surface area (Å²) >= 11 is 1.86. The van der Waals surface area contributed by atoms with Crippen molar-refractivity contribution in [2.75, 3.05) is 36.8 Å². The van der Waals surface area contributed by atoms with Crippen molar-refractivity contribution >= 4 is 37.4 Å². The van der Waals surface area contributed by atoms with Crippen molar-refractivity contribution in [1.82, 2.24) is 14.3 Å². The van der Waals surface area contributed by atoms with Crippen LogP contribution in [0.25, 0.3) is 10.2 Å². The molecule has 1 fully saturated rings. The number of unbranched alkanes of at least 4 members (excludes halogenated alkanes) is 2. The van der Waals surface area contributed by atoms with Gasteiger partial charge in [0, 0.05) is 37.5 Å². The number of fused-ring (bicyclic) bond motifs is 3. The Kier molecular flexibility index (Phi) is 7.18. The smallest absolute Gasteiger partial charge is 0.214 e. The number of aryl methyl sites for hydroxylation is 2. The number of anilines is 1. The molecule has 0 unspecified atom stereocenters. The first kappa shape index (κ1) is 22.9. The molecule has 0 saturated carbocycles. The van der Waals surface area contributed by atoms with Gasteiger partial charge in [-0.1, -0.05) is 33.6 Å². The predicted molar refractivity (Wildman–Crippen MR) is 130 cm³/mol. The van der Waals surface area contributed by atoms with Crippen LogP contribution in [0.15, 0.2) is 0 Å². The van der Waals surface area contributed by atoms with Crippen molar-refractivity contribution in [3.63, 3.8) is 0 Å². The highest BCUT2D eigenvalue weighted by atomic mass is 32.2. The van der Waals surface area contributed by atoms with Crippen LogP contribution in [-0.2, 0) is 29.3 Å². The average Bonchev–Trinajstić information content (AvgIpc) is 3.13. The molecule has 0 spiro atoms. The molecule has 0 N–H and O–H groups in total. The molecule has 1 saturated heterocycles. The van der Waals surface area contributed by atoms with E-state index in [0.717, 1.165) is 67.3 Å². The van der Waals surface area contributed by atoms with E-state index in [2.05, 4.69) is 18.7 Å². The van der Waals surface area contributed by atoms with E-state index in [9.17, 15) is 8.42 Å². The topological polar surface area (TPSA) is 66.4 Å². The standard InChI is InChI=1S/C23H36N4O2S2/c1-4-6-8-20-24-22(21-18-10-9-17(3)16-19(18)30-23(21)25-20)26-11-13-27(14-12-26)31(28,29)15-7-5-2/h17H,4-16H2,1-3H3/t17-/m1/s1. The normalized spacial score (nSPS) is 20.4. The number of hydrogen-bond donors (Lipinski definition) is 0. The Morgan fingerprint density at radius 1 is 1.06 bits per heavy atom. The van der Waals surface area contributed by atoms with Crippen LogP contribution in [0.2, 0.25) is 0 Å². The number of thiophene rings is 1. The van der Waals surface area contributed by atoms with Crippen molar-refractivity contribution in [2.45, 2.75) is 72.1 Å². The van der Waals surface area contributed by atoms with Crippen LogP contribution >= 0.6 is 11.3 Å². The van der Waals surface area contributed by atoms with E-state index in [1.54, 1.807) is 4.31 Å². The van der Waals surface area contributed by atoms with Gasteiger partial charge in [0.05, 0.1) is 11.1 Å². The summed E-state index contributed by atoms with van der Waals surface area (Å²) in [7, 11) is -3.15. The molecule has 8 heteroatoms.